The number of hydrogen-bond donors (Lipinski definition) is 5. The second-order valence-corrected chi connectivity index (χ2v) is 12.7. The number of aliphatic hydroxyl groups excluding tert-OH is 1. The Bertz CT molecular complexity index is 1210. The summed E-state index contributed by atoms with van der Waals surface area (Å²) in [6, 6.07) is 2.22. The van der Waals surface area contributed by atoms with E-state index < -0.39 is 54.3 Å². The fourth-order valence-corrected chi connectivity index (χ4v) is 8.75. The normalized spacial score (nSPS) is 22.9. The Morgan fingerprint density at radius 3 is 2.86 bits per heavy atom. The number of aromatic nitrogens is 4. The van der Waals surface area contributed by atoms with Crippen LogP contribution < -0.4 is 5.32 Å². The molecule has 3 unspecified atom stereocenters. The molecule has 0 aromatic carbocycles. The first-order valence-corrected chi connectivity index (χ1v) is 15.0. The van der Waals surface area contributed by atoms with Gasteiger partial charge in [0.25, 0.3) is 11.8 Å². The second kappa shape index (κ2) is 11.0. The Morgan fingerprint density at radius 2 is 2.25 bits per heavy atom. The van der Waals surface area contributed by atoms with Crippen LogP contribution in [0, 0.1) is 0 Å². The number of nitrogens with zero attached hydrogens (tertiary/aromatic N) is 4. The van der Waals surface area contributed by atoms with Crippen LogP contribution in [0.4, 0.5) is 0 Å². The third-order valence-electron chi connectivity index (χ3n) is 5.25. The van der Waals surface area contributed by atoms with Crippen LogP contribution in [0.15, 0.2) is 33.9 Å². The maximum atomic E-state index is 13.0. The molecule has 1 fully saturated rings. The summed E-state index contributed by atoms with van der Waals surface area (Å²) in [4.78, 5) is 49.5. The monoisotopic (exact) mass is 576 g/mol. The van der Waals surface area contributed by atoms with Crippen molar-refractivity contribution >= 4 is 60.2 Å². The summed E-state index contributed by atoms with van der Waals surface area (Å²) < 4.78 is 17.5. The van der Waals surface area contributed by atoms with Crippen molar-refractivity contribution in [3.05, 3.63) is 33.7 Å². The maximum absolute atomic E-state index is 13.0. The first kappa shape index (κ1) is 26.8. The van der Waals surface area contributed by atoms with Gasteiger partial charge in [-0.1, -0.05) is 17.8 Å². The molecule has 194 valence electrons. The molecule has 0 radical (unpaired) electrons. The summed E-state index contributed by atoms with van der Waals surface area (Å²) in [6.07, 6.45) is -1.90. The van der Waals surface area contributed by atoms with Crippen molar-refractivity contribution in [2.75, 3.05) is 18.5 Å². The number of carbonyl (C=O) groups is 3. The minimum absolute atomic E-state index is 0.0278. The highest BCUT2D eigenvalue weighted by Gasteiger charge is 2.55. The van der Waals surface area contributed by atoms with Gasteiger partial charge in [0.05, 0.1) is 12.8 Å². The third-order valence-corrected chi connectivity index (χ3v) is 10.3. The van der Waals surface area contributed by atoms with Crippen molar-refractivity contribution in [3.8, 4) is 0 Å². The molecule has 2 aliphatic rings. The Morgan fingerprint density at radius 1 is 1.47 bits per heavy atom. The summed E-state index contributed by atoms with van der Waals surface area (Å²) in [5.74, 6) is -2.76. The average Bonchev–Trinajstić information content (AvgIpc) is 3.54. The lowest BCUT2D eigenvalue weighted by Crippen LogP contribution is -2.71. The molecule has 0 spiro atoms. The van der Waals surface area contributed by atoms with E-state index >= 15 is 0 Å². The zero-order valence-electron chi connectivity index (χ0n) is 18.5. The van der Waals surface area contributed by atoms with Crippen LogP contribution in [0.25, 0.3) is 0 Å². The molecule has 4 rings (SSSR count). The molecule has 2 aromatic rings. The van der Waals surface area contributed by atoms with E-state index in [1.54, 1.807) is 24.4 Å². The first-order valence-electron chi connectivity index (χ1n) is 10.4. The lowest BCUT2D eigenvalue weighted by Gasteiger charge is -2.50. The van der Waals surface area contributed by atoms with E-state index in [4.69, 9.17) is 4.52 Å². The number of carbonyl (C=O) groups excluding carboxylic acids is 2. The zero-order valence-corrected chi connectivity index (χ0v) is 21.9. The van der Waals surface area contributed by atoms with Gasteiger partial charge in [0.2, 0.25) is 5.16 Å². The highest BCUT2D eigenvalue weighted by Crippen LogP contribution is 2.50. The van der Waals surface area contributed by atoms with Crippen molar-refractivity contribution in [2.24, 2.45) is 0 Å². The molecule has 0 bridgehead atoms. The molecule has 1 saturated heterocycles. The van der Waals surface area contributed by atoms with E-state index in [9.17, 15) is 34.1 Å². The predicted octanol–water partition coefficient (Wildman–Crippen LogP) is 0.416. The van der Waals surface area contributed by atoms with Crippen LogP contribution in [0.2, 0.25) is 0 Å². The summed E-state index contributed by atoms with van der Waals surface area (Å²) in [5.41, 5.74) is -0.120. The van der Waals surface area contributed by atoms with Gasteiger partial charge in [0, 0.05) is 15.9 Å². The molecule has 5 N–H and O–H groups in total. The predicted molar refractivity (Wildman–Crippen MR) is 129 cm³/mol. The van der Waals surface area contributed by atoms with Crippen molar-refractivity contribution in [1.82, 2.24) is 30.8 Å². The molecule has 0 saturated carbocycles. The molecule has 4 heterocycles. The van der Waals surface area contributed by atoms with Crippen molar-refractivity contribution in [3.63, 3.8) is 0 Å². The van der Waals surface area contributed by atoms with Gasteiger partial charge in [0.15, 0.2) is 6.10 Å². The summed E-state index contributed by atoms with van der Waals surface area (Å²) >= 11 is 3.31. The van der Waals surface area contributed by atoms with Gasteiger partial charge in [0.1, 0.15) is 17.1 Å². The highest BCUT2D eigenvalue weighted by molar-refractivity contribution is 8.01. The summed E-state index contributed by atoms with van der Waals surface area (Å²) in [5, 5.41) is 36.2. The number of carboxylic acids is 1. The number of fused-ring (bicyclic) bond motifs is 1. The standard InChI is InChI=1S/C18H21N6O8PS3/c1-2-32-33(30,31)6-10(36-18-20-22-23-21-18)8-7-35-16-11(15(27)24(16)12(8)17(28)29)19-14(26)13(25)9-4-3-5-34-9/h3-5,10-11,13,16,25H,2,6-7H2,1H3,(H,19,26)(H,28,29)(H,30,31)(H,20,21,22,23)/t10?,11-,13?,16+/m1/s1. The largest absolute Gasteiger partial charge is 0.477 e. The Labute approximate surface area is 216 Å². The van der Waals surface area contributed by atoms with Gasteiger partial charge in [-0.15, -0.1) is 28.2 Å². The molecular formula is C18H21N6O8PS3. The van der Waals surface area contributed by atoms with Crippen molar-refractivity contribution in [1.29, 1.82) is 0 Å². The van der Waals surface area contributed by atoms with E-state index in [2.05, 4.69) is 25.9 Å². The number of thioether (sulfide) groups is 2. The fraction of sp³-hybridized carbons (Fsp3) is 0.444. The summed E-state index contributed by atoms with van der Waals surface area (Å²) in [7, 11) is -4.12. The minimum atomic E-state index is -4.12. The number of carboxylic acid groups (broad SMARTS) is 1. The second-order valence-electron chi connectivity index (χ2n) is 7.54. The first-order chi connectivity index (χ1) is 17.1. The van der Waals surface area contributed by atoms with Crippen LogP contribution in [0.3, 0.4) is 0 Å². The molecule has 18 heteroatoms. The van der Waals surface area contributed by atoms with Gasteiger partial charge in [-0.25, -0.2) is 9.89 Å². The number of H-pyrrole nitrogens is 1. The Kier molecular flexibility index (Phi) is 8.18. The molecule has 14 nitrogen and oxygen atoms in total. The zero-order chi connectivity index (χ0) is 26.0. The van der Waals surface area contributed by atoms with Gasteiger partial charge >= 0.3 is 13.6 Å². The SMILES string of the molecule is CCOP(=O)(O)CC(Sc1nnn[nH]1)C1=C(C(=O)O)N2C(=O)[C@@H](NC(=O)C(O)c3cccs3)[C@@H]2SC1. The Hall–Kier alpha value is -2.27. The van der Waals surface area contributed by atoms with Crippen LogP contribution in [-0.4, -0.2) is 93.6 Å². The number of aromatic amines is 1. The molecule has 2 amide bonds. The van der Waals surface area contributed by atoms with E-state index in [0.717, 1.165) is 16.7 Å². The fourth-order valence-electron chi connectivity index (χ4n) is 3.72. The molecule has 5 atom stereocenters. The number of tetrazole rings is 1. The quantitative estimate of drug-likeness (QED) is 0.140. The lowest BCUT2D eigenvalue weighted by atomic mass is 10.0. The van der Waals surface area contributed by atoms with E-state index in [1.165, 1.54) is 23.1 Å². The van der Waals surface area contributed by atoms with E-state index in [-0.39, 0.29) is 28.8 Å². The number of nitrogens with one attached hydrogen (secondary N) is 2. The number of aliphatic hydroxyl groups is 1. The number of β-lactam (4-membered cyclic amide) rings is 1. The molecular weight excluding hydrogens is 555 g/mol. The van der Waals surface area contributed by atoms with Gasteiger partial charge in [-0.3, -0.25) is 19.1 Å². The minimum Gasteiger partial charge on any atom is -0.477 e. The number of rotatable bonds is 11. The van der Waals surface area contributed by atoms with Crippen LogP contribution >= 0.6 is 42.5 Å². The van der Waals surface area contributed by atoms with E-state index in [0.29, 0.717) is 4.88 Å². The number of aliphatic carboxylic acids is 1. The van der Waals surface area contributed by atoms with Crippen molar-refractivity contribution in [2.45, 2.75) is 34.8 Å². The van der Waals surface area contributed by atoms with Crippen molar-refractivity contribution < 1.29 is 38.6 Å². The number of thiophene rings is 1. The smallest absolute Gasteiger partial charge is 0.352 e. The molecule has 36 heavy (non-hydrogen) atoms. The van der Waals surface area contributed by atoms with E-state index in [1.807, 2.05) is 0 Å². The molecule has 0 aliphatic carbocycles. The molecule has 2 aliphatic heterocycles. The maximum Gasteiger partial charge on any atom is 0.352 e. The average molecular weight is 577 g/mol. The van der Waals surface area contributed by atoms with Gasteiger partial charge in [-0.05, 0) is 34.4 Å². The van der Waals surface area contributed by atoms with Crippen LogP contribution in [0.1, 0.15) is 17.9 Å². The van der Waals surface area contributed by atoms with Crippen LogP contribution in [0.5, 0.6) is 0 Å². The number of amides is 2. The number of hydrogen-bond acceptors (Lipinski definition) is 12. The van der Waals surface area contributed by atoms with Gasteiger partial charge in [-0.2, -0.15) is 0 Å². The third kappa shape index (κ3) is 5.51. The molecule has 2 aromatic heterocycles. The van der Waals surface area contributed by atoms with Gasteiger partial charge < -0.3 is 24.9 Å². The van der Waals surface area contributed by atoms with Crippen LogP contribution in [-0.2, 0) is 23.5 Å². The Balaban J connectivity index is 1.59. The highest BCUT2D eigenvalue weighted by atomic mass is 32.2. The summed E-state index contributed by atoms with van der Waals surface area (Å²) in [6.45, 7) is 1.52. The lowest BCUT2D eigenvalue weighted by molar-refractivity contribution is -0.151. The topological polar surface area (TPSA) is 208 Å².